The number of ether oxygens (including phenoxy) is 1. The van der Waals surface area contributed by atoms with Crippen molar-refractivity contribution in [1.29, 1.82) is 0 Å². The highest BCUT2D eigenvalue weighted by atomic mass is 16.9. The van der Waals surface area contributed by atoms with Gasteiger partial charge in [-0.15, -0.1) is 10.1 Å². The molecule has 0 saturated heterocycles. The van der Waals surface area contributed by atoms with E-state index in [1.54, 1.807) is 0 Å². The Kier molecular flexibility index (Phi) is 3.58. The average Bonchev–Trinajstić information content (AvgIpc) is 2.86. The van der Waals surface area contributed by atoms with Gasteiger partial charge in [0, 0.05) is 18.2 Å². The predicted octanol–water partition coefficient (Wildman–Crippen LogP) is 2.39. The van der Waals surface area contributed by atoms with Crippen LogP contribution >= 0.6 is 0 Å². The molecular formula is C16H16N2O4. The summed E-state index contributed by atoms with van der Waals surface area (Å²) in [5.74, 6) is 1.04. The van der Waals surface area contributed by atoms with Crippen molar-refractivity contribution < 1.29 is 15.0 Å². The molecule has 2 N–H and O–H groups in total. The molecule has 1 aromatic rings. The zero-order valence-corrected chi connectivity index (χ0v) is 11.9. The largest absolute Gasteiger partial charge is 0.480 e. The molecule has 114 valence electrons. The van der Waals surface area contributed by atoms with E-state index >= 15 is 0 Å². The van der Waals surface area contributed by atoms with Crippen molar-refractivity contribution in [1.82, 2.24) is 5.32 Å². The van der Waals surface area contributed by atoms with Gasteiger partial charge in [-0.3, -0.25) is 0 Å². The van der Waals surface area contributed by atoms with Crippen LogP contribution in [0.2, 0.25) is 0 Å². The molecule has 0 fully saturated rings. The second kappa shape index (κ2) is 5.55. The molecule has 1 spiro atoms. The van der Waals surface area contributed by atoms with Gasteiger partial charge in [-0.2, -0.15) is 0 Å². The maximum Gasteiger partial charge on any atom is 0.291 e. The van der Waals surface area contributed by atoms with Crippen LogP contribution in [-0.4, -0.2) is 22.4 Å². The number of allylic oxidation sites excluding steroid dienone is 3. The number of fused-ring (bicyclic) bond motifs is 3. The third-order valence-corrected chi connectivity index (χ3v) is 3.99. The summed E-state index contributed by atoms with van der Waals surface area (Å²) < 4.78 is 6.30. The van der Waals surface area contributed by atoms with Crippen LogP contribution in [0.15, 0.2) is 59.8 Å². The average molecular weight is 300 g/mol. The Labute approximate surface area is 127 Å². The highest BCUT2D eigenvalue weighted by Crippen LogP contribution is 2.43. The molecule has 3 aliphatic rings. The van der Waals surface area contributed by atoms with Crippen LogP contribution in [0.3, 0.4) is 0 Å². The van der Waals surface area contributed by atoms with Crippen LogP contribution in [0.4, 0.5) is 0 Å². The van der Waals surface area contributed by atoms with Crippen molar-refractivity contribution in [2.24, 2.45) is 0 Å². The summed E-state index contributed by atoms with van der Waals surface area (Å²) in [4.78, 5) is 8.36. The number of benzene rings is 1. The lowest BCUT2D eigenvalue weighted by Gasteiger charge is -2.37. The van der Waals surface area contributed by atoms with Crippen molar-refractivity contribution >= 4 is 0 Å². The van der Waals surface area contributed by atoms with Crippen LogP contribution in [-0.2, 0) is 6.42 Å². The fraction of sp³-hybridized carbons (Fsp3) is 0.250. The predicted molar refractivity (Wildman–Crippen MR) is 80.2 cm³/mol. The molecule has 1 unspecified atom stereocenters. The third kappa shape index (κ3) is 2.55. The number of nitrogens with zero attached hydrogens (tertiary/aromatic N) is 1. The summed E-state index contributed by atoms with van der Waals surface area (Å²) in [6.07, 6.45) is 10.6. The molecule has 0 saturated carbocycles. The molecule has 22 heavy (non-hydrogen) atoms. The summed E-state index contributed by atoms with van der Waals surface area (Å²) in [6, 6.07) is 8.37. The highest BCUT2D eigenvalue weighted by molar-refractivity contribution is 5.53. The molecule has 0 aromatic heterocycles. The van der Waals surface area contributed by atoms with Crippen molar-refractivity contribution in [2.75, 3.05) is 6.54 Å². The summed E-state index contributed by atoms with van der Waals surface area (Å²) in [6.45, 7) is 0.852. The van der Waals surface area contributed by atoms with E-state index in [-0.39, 0.29) is 5.60 Å². The van der Waals surface area contributed by atoms with Gasteiger partial charge in [0.2, 0.25) is 0 Å². The van der Waals surface area contributed by atoms with E-state index in [0.29, 0.717) is 0 Å². The van der Waals surface area contributed by atoms with Gasteiger partial charge in [0.25, 0.3) is 5.09 Å². The smallest absolute Gasteiger partial charge is 0.291 e. The SMILES string of the molecule is C1=CCC2=CNCC3(Cc4ccccc4O3)C2=C1.O=[N+]([O-])O. The van der Waals surface area contributed by atoms with Gasteiger partial charge in [0.05, 0.1) is 6.54 Å². The van der Waals surface area contributed by atoms with Gasteiger partial charge in [0.15, 0.2) is 5.60 Å². The molecule has 1 atom stereocenters. The van der Waals surface area contributed by atoms with E-state index in [1.807, 2.05) is 6.07 Å². The second-order valence-electron chi connectivity index (χ2n) is 5.38. The molecule has 1 aliphatic carbocycles. The van der Waals surface area contributed by atoms with E-state index in [2.05, 4.69) is 47.9 Å². The van der Waals surface area contributed by atoms with E-state index in [4.69, 9.17) is 20.1 Å². The first kappa shape index (κ1) is 14.2. The molecule has 2 aliphatic heterocycles. The normalized spacial score (nSPS) is 23.8. The Balaban J connectivity index is 0.000000325. The van der Waals surface area contributed by atoms with E-state index in [9.17, 15) is 0 Å². The molecular weight excluding hydrogens is 284 g/mol. The maximum absolute atomic E-state index is 8.36. The Morgan fingerprint density at radius 2 is 2.14 bits per heavy atom. The minimum atomic E-state index is -1.50. The minimum Gasteiger partial charge on any atom is -0.480 e. The van der Waals surface area contributed by atoms with Crippen LogP contribution in [0.5, 0.6) is 5.75 Å². The topological polar surface area (TPSA) is 84.6 Å². The Morgan fingerprint density at radius 3 is 2.91 bits per heavy atom. The summed E-state index contributed by atoms with van der Waals surface area (Å²) in [5, 5.41) is 17.0. The molecule has 6 heteroatoms. The standard InChI is InChI=1S/C16H15NO.HNO3/c1-3-7-14-13(6-1)10-17-11-16(14)9-12-5-2-4-8-15(12)18-16;2-1(3)4/h1-5,7-8,10,17H,6,9,11H2;(H,2,3,4). The zero-order chi connectivity index (χ0) is 15.6. The lowest BCUT2D eigenvalue weighted by Crippen LogP contribution is -2.48. The van der Waals surface area contributed by atoms with Gasteiger partial charge in [-0.05, 0) is 23.6 Å². The molecule has 0 radical (unpaired) electrons. The van der Waals surface area contributed by atoms with Gasteiger partial charge in [-0.25, -0.2) is 0 Å². The summed E-state index contributed by atoms with van der Waals surface area (Å²) >= 11 is 0. The first-order valence-electron chi connectivity index (χ1n) is 7.01. The molecule has 6 nitrogen and oxygen atoms in total. The van der Waals surface area contributed by atoms with Gasteiger partial charge >= 0.3 is 0 Å². The highest BCUT2D eigenvalue weighted by Gasteiger charge is 2.45. The lowest BCUT2D eigenvalue weighted by molar-refractivity contribution is -0.742. The Morgan fingerprint density at radius 1 is 1.36 bits per heavy atom. The van der Waals surface area contributed by atoms with Crippen molar-refractivity contribution in [3.63, 3.8) is 0 Å². The third-order valence-electron chi connectivity index (χ3n) is 3.99. The van der Waals surface area contributed by atoms with Crippen molar-refractivity contribution in [3.8, 4) is 5.75 Å². The van der Waals surface area contributed by atoms with E-state index in [1.165, 1.54) is 16.7 Å². The van der Waals surface area contributed by atoms with E-state index < -0.39 is 5.09 Å². The zero-order valence-electron chi connectivity index (χ0n) is 11.9. The Hall–Kier alpha value is -2.76. The number of hydrogen-bond acceptors (Lipinski definition) is 4. The molecule has 1 aromatic carbocycles. The number of para-hydroxylation sites is 1. The Bertz CT molecular complexity index is 662. The first-order chi connectivity index (χ1) is 10.6. The fourth-order valence-corrected chi connectivity index (χ4v) is 3.14. The van der Waals surface area contributed by atoms with Gasteiger partial charge in [0.1, 0.15) is 5.75 Å². The van der Waals surface area contributed by atoms with Crippen LogP contribution in [0.1, 0.15) is 12.0 Å². The monoisotopic (exact) mass is 300 g/mol. The molecule has 0 bridgehead atoms. The first-order valence-corrected chi connectivity index (χ1v) is 7.01. The van der Waals surface area contributed by atoms with Crippen LogP contribution in [0, 0.1) is 10.1 Å². The quantitative estimate of drug-likeness (QED) is 0.567. The fourth-order valence-electron chi connectivity index (χ4n) is 3.14. The second-order valence-corrected chi connectivity index (χ2v) is 5.38. The maximum atomic E-state index is 8.36. The summed E-state index contributed by atoms with van der Waals surface area (Å²) in [5.41, 5.74) is 3.82. The van der Waals surface area contributed by atoms with Gasteiger partial charge < -0.3 is 15.3 Å². The minimum absolute atomic E-state index is 0.196. The van der Waals surface area contributed by atoms with Crippen molar-refractivity contribution in [3.05, 3.63) is 75.5 Å². The van der Waals surface area contributed by atoms with Gasteiger partial charge in [-0.1, -0.05) is 36.4 Å². The van der Waals surface area contributed by atoms with Crippen LogP contribution < -0.4 is 10.1 Å². The summed E-state index contributed by atoms with van der Waals surface area (Å²) in [7, 11) is 0. The number of rotatable bonds is 0. The molecule has 0 amide bonds. The number of nitrogens with one attached hydrogen (secondary N) is 1. The number of hydrogen-bond donors (Lipinski definition) is 2. The lowest BCUT2D eigenvalue weighted by atomic mass is 9.79. The molecule has 4 rings (SSSR count). The van der Waals surface area contributed by atoms with E-state index in [0.717, 1.165) is 25.1 Å². The van der Waals surface area contributed by atoms with Crippen molar-refractivity contribution in [2.45, 2.75) is 18.4 Å². The van der Waals surface area contributed by atoms with Crippen LogP contribution in [0.25, 0.3) is 0 Å². The molecule has 2 heterocycles.